The lowest BCUT2D eigenvalue weighted by molar-refractivity contribution is -0.131. The number of carbonyl (C=O) groups is 1. The van der Waals surface area contributed by atoms with Crippen LogP contribution >= 0.6 is 0 Å². The zero-order chi connectivity index (χ0) is 10.4. The maximum Gasteiger partial charge on any atom is 0.236 e. The van der Waals surface area contributed by atoms with Gasteiger partial charge in [-0.1, -0.05) is 13.8 Å². The molecule has 78 valence electrons. The number of amides is 1. The van der Waals surface area contributed by atoms with Crippen LogP contribution in [-0.4, -0.2) is 48.2 Å². The van der Waals surface area contributed by atoms with E-state index in [2.05, 4.69) is 5.32 Å². The van der Waals surface area contributed by atoms with Gasteiger partial charge in [-0.3, -0.25) is 4.79 Å². The summed E-state index contributed by atoms with van der Waals surface area (Å²) in [5.41, 5.74) is 0. The van der Waals surface area contributed by atoms with E-state index in [-0.39, 0.29) is 18.6 Å². The summed E-state index contributed by atoms with van der Waals surface area (Å²) < 4.78 is 0. The maximum atomic E-state index is 11.4. The van der Waals surface area contributed by atoms with Crippen LogP contribution in [0.4, 0.5) is 0 Å². The molecule has 0 saturated carbocycles. The summed E-state index contributed by atoms with van der Waals surface area (Å²) in [4.78, 5) is 13.0. The molecule has 0 aromatic rings. The second-order valence-electron chi connectivity index (χ2n) is 3.57. The Bertz CT molecular complexity index is 160. The highest BCUT2D eigenvalue weighted by Crippen LogP contribution is 1.94. The number of hydrogen-bond acceptors (Lipinski definition) is 3. The molecule has 4 heteroatoms. The van der Waals surface area contributed by atoms with E-state index in [1.54, 1.807) is 11.9 Å². The van der Waals surface area contributed by atoms with Crippen molar-refractivity contribution < 1.29 is 9.90 Å². The summed E-state index contributed by atoms with van der Waals surface area (Å²) in [5.74, 6) is 0.00949. The SMILES string of the molecule is CC(C)NCC(=O)N(C)C(C)CO. The fourth-order valence-corrected chi connectivity index (χ4v) is 0.784. The monoisotopic (exact) mass is 188 g/mol. The maximum absolute atomic E-state index is 11.4. The number of nitrogens with zero attached hydrogens (tertiary/aromatic N) is 1. The van der Waals surface area contributed by atoms with Gasteiger partial charge in [-0.05, 0) is 6.92 Å². The minimum atomic E-state index is -0.110. The third kappa shape index (κ3) is 4.85. The van der Waals surface area contributed by atoms with Crippen LogP contribution in [0.2, 0.25) is 0 Å². The first kappa shape index (κ1) is 12.4. The van der Waals surface area contributed by atoms with Crippen LogP contribution in [0.5, 0.6) is 0 Å². The first-order valence-corrected chi connectivity index (χ1v) is 4.59. The van der Waals surface area contributed by atoms with E-state index in [0.717, 1.165) is 0 Å². The summed E-state index contributed by atoms with van der Waals surface area (Å²) in [6.45, 7) is 6.13. The predicted octanol–water partition coefficient (Wildman–Crippen LogP) is -0.176. The molecule has 0 aliphatic carbocycles. The predicted molar refractivity (Wildman–Crippen MR) is 52.5 cm³/mol. The Morgan fingerprint density at radius 3 is 2.38 bits per heavy atom. The lowest BCUT2D eigenvalue weighted by Crippen LogP contribution is -2.43. The van der Waals surface area contributed by atoms with Gasteiger partial charge in [0.1, 0.15) is 0 Å². The van der Waals surface area contributed by atoms with E-state index in [1.807, 2.05) is 20.8 Å². The van der Waals surface area contributed by atoms with Crippen LogP contribution in [0, 0.1) is 0 Å². The molecule has 0 aromatic carbocycles. The van der Waals surface area contributed by atoms with Gasteiger partial charge in [0.05, 0.1) is 19.2 Å². The second kappa shape index (κ2) is 5.94. The van der Waals surface area contributed by atoms with Crippen molar-refractivity contribution in [2.75, 3.05) is 20.2 Å². The van der Waals surface area contributed by atoms with Crippen LogP contribution < -0.4 is 5.32 Å². The number of aliphatic hydroxyl groups excluding tert-OH is 1. The van der Waals surface area contributed by atoms with Crippen LogP contribution in [0.1, 0.15) is 20.8 Å². The van der Waals surface area contributed by atoms with Crippen LogP contribution in [0.15, 0.2) is 0 Å². The first-order chi connectivity index (χ1) is 5.99. The Balaban J connectivity index is 3.82. The van der Waals surface area contributed by atoms with Crippen molar-refractivity contribution in [3.63, 3.8) is 0 Å². The topological polar surface area (TPSA) is 52.6 Å². The lowest BCUT2D eigenvalue weighted by atomic mass is 10.3. The standard InChI is InChI=1S/C9H20N2O2/c1-7(2)10-5-9(13)11(4)8(3)6-12/h7-8,10,12H,5-6H2,1-4H3. The van der Waals surface area contributed by atoms with Crippen LogP contribution in [-0.2, 0) is 4.79 Å². The molecular formula is C9H20N2O2. The molecule has 1 unspecified atom stereocenters. The minimum absolute atomic E-state index is 0.00389. The fraction of sp³-hybridized carbons (Fsp3) is 0.889. The number of aliphatic hydroxyl groups is 1. The van der Waals surface area contributed by atoms with E-state index in [4.69, 9.17) is 5.11 Å². The molecule has 0 rings (SSSR count). The molecule has 0 heterocycles. The van der Waals surface area contributed by atoms with Crippen LogP contribution in [0.25, 0.3) is 0 Å². The van der Waals surface area contributed by atoms with Gasteiger partial charge in [-0.15, -0.1) is 0 Å². The van der Waals surface area contributed by atoms with Crippen molar-refractivity contribution in [1.82, 2.24) is 10.2 Å². The highest BCUT2D eigenvalue weighted by molar-refractivity contribution is 5.78. The Kier molecular flexibility index (Phi) is 5.66. The molecule has 2 N–H and O–H groups in total. The number of likely N-dealkylation sites (N-methyl/N-ethyl adjacent to an activating group) is 1. The largest absolute Gasteiger partial charge is 0.394 e. The Hall–Kier alpha value is -0.610. The molecule has 4 nitrogen and oxygen atoms in total. The summed E-state index contributed by atoms with van der Waals surface area (Å²) in [5, 5.41) is 11.8. The van der Waals surface area contributed by atoms with Gasteiger partial charge < -0.3 is 15.3 Å². The molecule has 0 aromatic heterocycles. The number of carbonyl (C=O) groups excluding carboxylic acids is 1. The van der Waals surface area contributed by atoms with E-state index >= 15 is 0 Å². The normalized spacial score (nSPS) is 13.1. The molecule has 0 fully saturated rings. The smallest absolute Gasteiger partial charge is 0.236 e. The quantitative estimate of drug-likeness (QED) is 0.629. The average Bonchev–Trinajstić information content (AvgIpc) is 2.11. The molecule has 0 bridgehead atoms. The van der Waals surface area contributed by atoms with Crippen molar-refractivity contribution in [3.8, 4) is 0 Å². The summed E-state index contributed by atoms with van der Waals surface area (Å²) in [6.07, 6.45) is 0. The molecule has 1 atom stereocenters. The Morgan fingerprint density at radius 1 is 1.46 bits per heavy atom. The second-order valence-corrected chi connectivity index (χ2v) is 3.57. The summed E-state index contributed by atoms with van der Waals surface area (Å²) in [7, 11) is 1.70. The minimum Gasteiger partial charge on any atom is -0.394 e. The van der Waals surface area contributed by atoms with Gasteiger partial charge in [0, 0.05) is 13.1 Å². The van der Waals surface area contributed by atoms with Gasteiger partial charge in [0.15, 0.2) is 0 Å². The number of nitrogens with one attached hydrogen (secondary N) is 1. The number of hydrogen-bond donors (Lipinski definition) is 2. The highest BCUT2D eigenvalue weighted by Gasteiger charge is 2.14. The zero-order valence-corrected chi connectivity index (χ0v) is 8.87. The zero-order valence-electron chi connectivity index (χ0n) is 8.87. The average molecular weight is 188 g/mol. The third-order valence-electron chi connectivity index (χ3n) is 1.98. The Morgan fingerprint density at radius 2 is 2.00 bits per heavy atom. The van der Waals surface area contributed by atoms with E-state index in [0.29, 0.717) is 12.6 Å². The van der Waals surface area contributed by atoms with E-state index in [1.165, 1.54) is 0 Å². The van der Waals surface area contributed by atoms with E-state index < -0.39 is 0 Å². The number of rotatable bonds is 5. The van der Waals surface area contributed by atoms with Crippen molar-refractivity contribution in [2.45, 2.75) is 32.9 Å². The molecule has 0 aliphatic rings. The van der Waals surface area contributed by atoms with Gasteiger partial charge in [0.2, 0.25) is 5.91 Å². The van der Waals surface area contributed by atoms with Gasteiger partial charge in [-0.2, -0.15) is 0 Å². The lowest BCUT2D eigenvalue weighted by Gasteiger charge is -2.23. The summed E-state index contributed by atoms with van der Waals surface area (Å²) >= 11 is 0. The van der Waals surface area contributed by atoms with Crippen LogP contribution in [0.3, 0.4) is 0 Å². The molecule has 13 heavy (non-hydrogen) atoms. The molecule has 0 radical (unpaired) electrons. The van der Waals surface area contributed by atoms with Crippen molar-refractivity contribution >= 4 is 5.91 Å². The molecule has 0 saturated heterocycles. The third-order valence-corrected chi connectivity index (χ3v) is 1.98. The van der Waals surface area contributed by atoms with E-state index in [9.17, 15) is 4.79 Å². The fourth-order valence-electron chi connectivity index (χ4n) is 0.784. The van der Waals surface area contributed by atoms with Crippen molar-refractivity contribution in [1.29, 1.82) is 0 Å². The van der Waals surface area contributed by atoms with Gasteiger partial charge >= 0.3 is 0 Å². The molecule has 1 amide bonds. The summed E-state index contributed by atoms with van der Waals surface area (Å²) in [6, 6.07) is 0.197. The van der Waals surface area contributed by atoms with Crippen molar-refractivity contribution in [3.05, 3.63) is 0 Å². The molecule has 0 aliphatic heterocycles. The van der Waals surface area contributed by atoms with Gasteiger partial charge in [0.25, 0.3) is 0 Å². The Labute approximate surface area is 79.9 Å². The van der Waals surface area contributed by atoms with Crippen molar-refractivity contribution in [2.24, 2.45) is 0 Å². The highest BCUT2D eigenvalue weighted by atomic mass is 16.3. The molecular weight excluding hydrogens is 168 g/mol. The van der Waals surface area contributed by atoms with Gasteiger partial charge in [-0.25, -0.2) is 0 Å². The molecule has 0 spiro atoms. The first-order valence-electron chi connectivity index (χ1n) is 4.59.